The highest BCUT2D eigenvalue weighted by atomic mass is 16.5. The molecule has 0 heterocycles. The first-order valence-electron chi connectivity index (χ1n) is 8.11. The van der Waals surface area contributed by atoms with Crippen LogP contribution in [0.4, 0.5) is 0 Å². The Balaban J connectivity index is 1.51. The fourth-order valence-corrected chi connectivity index (χ4v) is 2.17. The van der Waals surface area contributed by atoms with Crippen molar-refractivity contribution in [1.82, 2.24) is 0 Å². The molecule has 0 bridgehead atoms. The number of benzene rings is 2. The molecule has 4 nitrogen and oxygen atoms in total. The molecule has 0 spiro atoms. The lowest BCUT2D eigenvalue weighted by Crippen LogP contribution is -2.14. The van der Waals surface area contributed by atoms with Crippen molar-refractivity contribution in [2.24, 2.45) is 0 Å². The molecule has 0 fully saturated rings. The van der Waals surface area contributed by atoms with Crippen LogP contribution in [0.2, 0.25) is 0 Å². The predicted molar refractivity (Wildman–Crippen MR) is 91.7 cm³/mol. The van der Waals surface area contributed by atoms with Crippen LogP contribution in [0.5, 0.6) is 0 Å². The normalized spacial score (nSPS) is 10.3. The fourth-order valence-electron chi connectivity index (χ4n) is 2.17. The topological polar surface area (TPSA) is 52.6 Å². The van der Waals surface area contributed by atoms with Crippen molar-refractivity contribution in [3.63, 3.8) is 0 Å². The van der Waals surface area contributed by atoms with E-state index < -0.39 is 5.97 Å². The van der Waals surface area contributed by atoms with E-state index in [1.807, 2.05) is 36.4 Å². The smallest absolute Gasteiger partial charge is 0.338 e. The first-order valence-corrected chi connectivity index (χ1v) is 8.11. The van der Waals surface area contributed by atoms with E-state index in [9.17, 15) is 9.59 Å². The van der Waals surface area contributed by atoms with Crippen molar-refractivity contribution in [3.8, 4) is 0 Å². The second-order valence-electron chi connectivity index (χ2n) is 5.48. The number of ether oxygens (including phenoxy) is 2. The second kappa shape index (κ2) is 10.3. The van der Waals surface area contributed by atoms with Crippen LogP contribution in [0.1, 0.15) is 35.2 Å². The van der Waals surface area contributed by atoms with Crippen molar-refractivity contribution in [2.45, 2.75) is 25.9 Å². The Hall–Kier alpha value is -2.46. The zero-order valence-electron chi connectivity index (χ0n) is 13.6. The molecule has 0 aliphatic heterocycles. The van der Waals surface area contributed by atoms with Crippen LogP contribution < -0.4 is 0 Å². The summed E-state index contributed by atoms with van der Waals surface area (Å²) >= 11 is 0. The number of hydrogen-bond donors (Lipinski definition) is 0. The zero-order valence-corrected chi connectivity index (χ0v) is 13.6. The molecule has 2 rings (SSSR count). The fraction of sp³-hybridized carbons (Fsp3) is 0.300. The lowest BCUT2D eigenvalue weighted by Gasteiger charge is -2.05. The van der Waals surface area contributed by atoms with Crippen LogP contribution in [0.25, 0.3) is 0 Å². The van der Waals surface area contributed by atoms with Crippen molar-refractivity contribution >= 4 is 11.8 Å². The van der Waals surface area contributed by atoms with Gasteiger partial charge in [0.2, 0.25) is 0 Å². The van der Waals surface area contributed by atoms with Crippen LogP contribution in [0, 0.1) is 0 Å². The quantitative estimate of drug-likeness (QED) is 0.492. The third kappa shape index (κ3) is 6.75. The largest absolute Gasteiger partial charge is 0.454 e. The summed E-state index contributed by atoms with van der Waals surface area (Å²) in [6, 6.07) is 18.6. The molecule has 0 amide bonds. The minimum absolute atomic E-state index is 0.0673. The summed E-state index contributed by atoms with van der Waals surface area (Å²) in [5.41, 5.74) is 1.60. The van der Waals surface area contributed by atoms with Crippen LogP contribution in [-0.4, -0.2) is 25.0 Å². The lowest BCUT2D eigenvalue weighted by atomic mass is 10.2. The first kappa shape index (κ1) is 17.9. The van der Waals surface area contributed by atoms with Crippen LogP contribution >= 0.6 is 0 Å². The molecule has 0 radical (unpaired) electrons. The Morgan fingerprint density at radius 1 is 0.833 bits per heavy atom. The third-order valence-electron chi connectivity index (χ3n) is 3.48. The van der Waals surface area contributed by atoms with Crippen molar-refractivity contribution in [1.29, 1.82) is 0 Å². The van der Waals surface area contributed by atoms with Gasteiger partial charge in [0.1, 0.15) is 6.61 Å². The van der Waals surface area contributed by atoms with Crippen LogP contribution in [-0.2, 0) is 20.9 Å². The average Bonchev–Trinajstić information content (AvgIpc) is 2.64. The molecule has 0 aliphatic rings. The van der Waals surface area contributed by atoms with Gasteiger partial charge in [-0.3, -0.25) is 4.79 Å². The van der Waals surface area contributed by atoms with Crippen molar-refractivity contribution in [2.75, 3.05) is 13.2 Å². The molecule has 0 N–H and O–H groups in total. The van der Waals surface area contributed by atoms with Gasteiger partial charge in [-0.2, -0.15) is 0 Å². The molecule has 0 aromatic heterocycles. The third-order valence-corrected chi connectivity index (χ3v) is 3.48. The maximum atomic E-state index is 11.7. The number of carbonyl (C=O) groups is 2. The zero-order chi connectivity index (χ0) is 17.0. The Labute approximate surface area is 142 Å². The molecule has 2 aromatic rings. The predicted octanol–water partition coefficient (Wildman–Crippen LogP) is 3.80. The summed E-state index contributed by atoms with van der Waals surface area (Å²) in [4.78, 5) is 23.4. The van der Waals surface area contributed by atoms with Gasteiger partial charge in [0.15, 0.2) is 5.78 Å². The molecule has 126 valence electrons. The van der Waals surface area contributed by atoms with Gasteiger partial charge in [0.05, 0.1) is 12.2 Å². The Morgan fingerprint density at radius 2 is 1.50 bits per heavy atom. The maximum absolute atomic E-state index is 11.7. The highest BCUT2D eigenvalue weighted by molar-refractivity contribution is 5.91. The first-order chi connectivity index (χ1) is 11.8. The summed E-state index contributed by atoms with van der Waals surface area (Å²) in [7, 11) is 0. The van der Waals surface area contributed by atoms with Gasteiger partial charge in [0.25, 0.3) is 0 Å². The van der Waals surface area contributed by atoms with Gasteiger partial charge < -0.3 is 9.47 Å². The van der Waals surface area contributed by atoms with Gasteiger partial charge in [-0.25, -0.2) is 4.79 Å². The van der Waals surface area contributed by atoms with E-state index in [4.69, 9.17) is 9.47 Å². The molecule has 0 aliphatic carbocycles. The molecular formula is C20H22O4. The highest BCUT2D eigenvalue weighted by Crippen LogP contribution is 2.04. The highest BCUT2D eigenvalue weighted by Gasteiger charge is 2.09. The summed E-state index contributed by atoms with van der Waals surface area (Å²) in [6.45, 7) is 1.04. The molecular weight excluding hydrogens is 304 g/mol. The van der Waals surface area contributed by atoms with Crippen molar-refractivity contribution < 1.29 is 19.1 Å². The molecule has 24 heavy (non-hydrogen) atoms. The molecule has 4 heteroatoms. The van der Waals surface area contributed by atoms with E-state index in [1.165, 1.54) is 0 Å². The minimum Gasteiger partial charge on any atom is -0.454 e. The van der Waals surface area contributed by atoms with E-state index in [-0.39, 0.29) is 12.4 Å². The Kier molecular flexibility index (Phi) is 7.71. The second-order valence-corrected chi connectivity index (χ2v) is 5.48. The summed E-state index contributed by atoms with van der Waals surface area (Å²) in [6.07, 6.45) is 1.94. The number of Topliss-reactive ketones (excluding diaryl/α,β-unsaturated/α-hetero) is 1. The number of rotatable bonds is 10. The van der Waals surface area contributed by atoms with Gasteiger partial charge >= 0.3 is 5.97 Å². The molecule has 0 atom stereocenters. The van der Waals surface area contributed by atoms with E-state index >= 15 is 0 Å². The number of esters is 1. The minimum atomic E-state index is -0.463. The number of ketones is 1. The number of hydrogen-bond acceptors (Lipinski definition) is 4. The number of unbranched alkanes of at least 4 members (excludes halogenated alkanes) is 1. The monoisotopic (exact) mass is 326 g/mol. The van der Waals surface area contributed by atoms with E-state index in [0.29, 0.717) is 25.2 Å². The van der Waals surface area contributed by atoms with E-state index in [2.05, 4.69) is 0 Å². The van der Waals surface area contributed by atoms with Gasteiger partial charge in [-0.15, -0.1) is 0 Å². The van der Waals surface area contributed by atoms with Crippen molar-refractivity contribution in [3.05, 3.63) is 71.8 Å². The van der Waals surface area contributed by atoms with Crippen LogP contribution in [0.15, 0.2) is 60.7 Å². The molecule has 0 saturated carbocycles. The van der Waals surface area contributed by atoms with Gasteiger partial charge in [-0.1, -0.05) is 48.5 Å². The van der Waals surface area contributed by atoms with Gasteiger partial charge in [0, 0.05) is 13.0 Å². The van der Waals surface area contributed by atoms with E-state index in [0.717, 1.165) is 18.4 Å². The van der Waals surface area contributed by atoms with Crippen LogP contribution in [0.3, 0.4) is 0 Å². The average molecular weight is 326 g/mol. The summed E-state index contributed by atoms with van der Waals surface area (Å²) in [5.74, 6) is -0.530. The molecule has 0 saturated heterocycles. The standard InChI is InChI=1S/C20H22O4/c21-19(16-24-20(22)18-11-5-2-6-12-18)13-7-8-14-23-15-17-9-3-1-4-10-17/h1-6,9-12H,7-8,13-16H2. The van der Waals surface area contributed by atoms with Gasteiger partial charge in [-0.05, 0) is 30.5 Å². The molecule has 0 unspecified atom stereocenters. The SMILES string of the molecule is O=C(CCCCOCc1ccccc1)COC(=O)c1ccccc1. The lowest BCUT2D eigenvalue weighted by molar-refractivity contribution is -0.122. The Morgan fingerprint density at radius 3 is 2.21 bits per heavy atom. The number of carbonyl (C=O) groups excluding carboxylic acids is 2. The Bertz CT molecular complexity index is 623. The molecule has 2 aromatic carbocycles. The maximum Gasteiger partial charge on any atom is 0.338 e. The summed E-state index contributed by atoms with van der Waals surface area (Å²) < 4.78 is 10.6. The van der Waals surface area contributed by atoms with E-state index in [1.54, 1.807) is 24.3 Å². The summed E-state index contributed by atoms with van der Waals surface area (Å²) in [5, 5.41) is 0.